The standard InChI is InChI=1S/C27H30N4O3S/c1-18(20-8-4-5-9-23(20)34-3)13-25(32)30-27-22(16-28-2)21-10-12-31(17-24(21)35-27)26(33)14-19-7-6-11-29-15-19/h4-9,11,15-16,18H,10,12-14,17H2,1-3H3,(H,30,32). The van der Waals surface area contributed by atoms with Crippen molar-refractivity contribution in [2.45, 2.75) is 38.6 Å². The summed E-state index contributed by atoms with van der Waals surface area (Å²) in [6.07, 6.45) is 6.65. The molecule has 0 aliphatic carbocycles. The van der Waals surface area contributed by atoms with E-state index in [-0.39, 0.29) is 17.7 Å². The zero-order valence-corrected chi connectivity index (χ0v) is 21.1. The molecule has 0 saturated carbocycles. The number of hydrogen-bond acceptors (Lipinski definition) is 6. The van der Waals surface area contributed by atoms with Crippen LogP contribution in [0.1, 0.15) is 46.4 Å². The molecule has 0 fully saturated rings. The maximum absolute atomic E-state index is 13.0. The number of benzene rings is 1. The van der Waals surface area contributed by atoms with Crippen molar-refractivity contribution in [1.29, 1.82) is 0 Å². The molecular weight excluding hydrogens is 460 g/mol. The van der Waals surface area contributed by atoms with Gasteiger partial charge in [-0.3, -0.25) is 19.6 Å². The normalized spacial score (nSPS) is 14.0. The van der Waals surface area contributed by atoms with Crippen molar-refractivity contribution in [2.75, 3.05) is 26.0 Å². The first-order valence-corrected chi connectivity index (χ1v) is 12.5. The Kier molecular flexibility index (Phi) is 7.92. The van der Waals surface area contributed by atoms with E-state index in [2.05, 4.69) is 15.3 Å². The van der Waals surface area contributed by atoms with Gasteiger partial charge in [-0.05, 0) is 41.2 Å². The van der Waals surface area contributed by atoms with Crippen molar-refractivity contribution in [3.63, 3.8) is 0 Å². The molecule has 0 spiro atoms. The number of carbonyl (C=O) groups is 2. The number of amides is 2. The van der Waals surface area contributed by atoms with Gasteiger partial charge in [0.1, 0.15) is 10.8 Å². The number of fused-ring (bicyclic) bond motifs is 1. The van der Waals surface area contributed by atoms with Crippen LogP contribution in [-0.2, 0) is 29.0 Å². The summed E-state index contributed by atoms with van der Waals surface area (Å²) in [5.74, 6) is 0.815. The van der Waals surface area contributed by atoms with Crippen LogP contribution in [0.2, 0.25) is 0 Å². The lowest BCUT2D eigenvalue weighted by atomic mass is 9.96. The number of methoxy groups -OCH3 is 1. The van der Waals surface area contributed by atoms with Crippen molar-refractivity contribution in [1.82, 2.24) is 9.88 Å². The Morgan fingerprint density at radius 3 is 2.86 bits per heavy atom. The smallest absolute Gasteiger partial charge is 0.227 e. The van der Waals surface area contributed by atoms with Crippen molar-refractivity contribution in [2.24, 2.45) is 4.99 Å². The molecule has 0 bridgehead atoms. The molecule has 1 N–H and O–H groups in total. The van der Waals surface area contributed by atoms with Gasteiger partial charge >= 0.3 is 0 Å². The first-order valence-electron chi connectivity index (χ1n) is 11.7. The maximum Gasteiger partial charge on any atom is 0.227 e. The van der Waals surface area contributed by atoms with Crippen LogP contribution in [0.5, 0.6) is 5.75 Å². The fraction of sp³-hybridized carbons (Fsp3) is 0.333. The number of pyridine rings is 1. The van der Waals surface area contributed by atoms with E-state index in [1.165, 1.54) is 16.9 Å². The molecule has 0 saturated heterocycles. The van der Waals surface area contributed by atoms with Crippen LogP contribution in [0.25, 0.3) is 0 Å². The lowest BCUT2D eigenvalue weighted by Gasteiger charge is -2.27. The van der Waals surface area contributed by atoms with Crippen LogP contribution in [-0.4, -0.2) is 48.6 Å². The highest BCUT2D eigenvalue weighted by atomic mass is 32.1. The summed E-state index contributed by atoms with van der Waals surface area (Å²) in [5, 5.41) is 3.90. The number of nitrogens with one attached hydrogen (secondary N) is 1. The Bertz CT molecular complexity index is 1220. The van der Waals surface area contributed by atoms with E-state index in [0.29, 0.717) is 25.9 Å². The summed E-state index contributed by atoms with van der Waals surface area (Å²) in [7, 11) is 3.37. The van der Waals surface area contributed by atoms with E-state index in [1.807, 2.05) is 54.4 Å². The summed E-state index contributed by atoms with van der Waals surface area (Å²) in [5.41, 5.74) is 4.03. The monoisotopic (exact) mass is 490 g/mol. The highest BCUT2D eigenvalue weighted by Crippen LogP contribution is 2.37. The van der Waals surface area contributed by atoms with Crippen molar-refractivity contribution < 1.29 is 14.3 Å². The van der Waals surface area contributed by atoms with Gasteiger partial charge in [-0.1, -0.05) is 31.2 Å². The number of nitrogens with zero attached hydrogens (tertiary/aromatic N) is 3. The number of aromatic nitrogens is 1. The van der Waals surface area contributed by atoms with Gasteiger partial charge in [-0.2, -0.15) is 0 Å². The third kappa shape index (κ3) is 5.77. The number of aliphatic imine (C=N–C) groups is 1. The number of rotatable bonds is 8. The Morgan fingerprint density at radius 1 is 1.29 bits per heavy atom. The van der Waals surface area contributed by atoms with Gasteiger partial charge in [-0.25, -0.2) is 0 Å². The fourth-order valence-electron chi connectivity index (χ4n) is 4.43. The molecule has 182 valence electrons. The average Bonchev–Trinajstić information content (AvgIpc) is 3.20. The minimum atomic E-state index is -0.0581. The predicted octanol–water partition coefficient (Wildman–Crippen LogP) is 4.46. The van der Waals surface area contributed by atoms with E-state index in [1.54, 1.807) is 26.6 Å². The first kappa shape index (κ1) is 24.6. The van der Waals surface area contributed by atoms with Crippen LogP contribution >= 0.6 is 11.3 Å². The van der Waals surface area contributed by atoms with Crippen LogP contribution in [0, 0.1) is 0 Å². The average molecular weight is 491 g/mol. The molecule has 1 aliphatic heterocycles. The summed E-state index contributed by atoms with van der Waals surface area (Å²) >= 11 is 1.53. The highest BCUT2D eigenvalue weighted by Gasteiger charge is 2.27. The van der Waals surface area contributed by atoms with Gasteiger partial charge in [-0.15, -0.1) is 11.3 Å². The Labute approximate surface area is 209 Å². The summed E-state index contributed by atoms with van der Waals surface area (Å²) < 4.78 is 5.46. The molecule has 3 aromatic rings. The third-order valence-corrected chi connectivity index (χ3v) is 7.35. The van der Waals surface area contributed by atoms with Gasteiger partial charge in [0, 0.05) is 49.1 Å². The first-order chi connectivity index (χ1) is 17.0. The Balaban J connectivity index is 1.47. The molecule has 7 nitrogen and oxygen atoms in total. The Hall–Kier alpha value is -3.52. The lowest BCUT2D eigenvalue weighted by Crippen LogP contribution is -2.36. The maximum atomic E-state index is 13.0. The number of thiophene rings is 1. The molecule has 8 heteroatoms. The third-order valence-electron chi connectivity index (χ3n) is 6.20. The molecule has 1 aliphatic rings. The minimum absolute atomic E-state index is 0.00428. The second-order valence-electron chi connectivity index (χ2n) is 8.63. The van der Waals surface area contributed by atoms with Crippen LogP contribution in [0.3, 0.4) is 0 Å². The molecule has 1 atom stereocenters. The molecule has 3 heterocycles. The van der Waals surface area contributed by atoms with E-state index in [4.69, 9.17) is 4.74 Å². The van der Waals surface area contributed by atoms with Gasteiger partial charge < -0.3 is 15.0 Å². The van der Waals surface area contributed by atoms with Crippen LogP contribution in [0.15, 0.2) is 53.8 Å². The van der Waals surface area contributed by atoms with E-state index in [0.717, 1.165) is 38.7 Å². The quantitative estimate of drug-likeness (QED) is 0.473. The highest BCUT2D eigenvalue weighted by molar-refractivity contribution is 7.16. The largest absolute Gasteiger partial charge is 0.496 e. The SMILES string of the molecule is CN=Cc1c(NC(=O)CC(C)c2ccccc2OC)sc2c1CCN(C(=O)Cc1cccnc1)C2. The molecule has 1 aromatic carbocycles. The summed E-state index contributed by atoms with van der Waals surface area (Å²) in [6.45, 7) is 3.21. The lowest BCUT2D eigenvalue weighted by molar-refractivity contribution is -0.131. The van der Waals surface area contributed by atoms with Gasteiger partial charge in [0.25, 0.3) is 0 Å². The van der Waals surface area contributed by atoms with Crippen molar-refractivity contribution >= 4 is 34.4 Å². The Morgan fingerprint density at radius 2 is 2.11 bits per heavy atom. The minimum Gasteiger partial charge on any atom is -0.496 e. The van der Waals surface area contributed by atoms with Gasteiger partial charge in [0.2, 0.25) is 11.8 Å². The topological polar surface area (TPSA) is 83.9 Å². The second kappa shape index (κ2) is 11.3. The van der Waals surface area contributed by atoms with E-state index in [9.17, 15) is 9.59 Å². The summed E-state index contributed by atoms with van der Waals surface area (Å²) in [6, 6.07) is 11.5. The van der Waals surface area contributed by atoms with Crippen molar-refractivity contribution in [3.05, 3.63) is 75.9 Å². The second-order valence-corrected chi connectivity index (χ2v) is 9.74. The van der Waals surface area contributed by atoms with Crippen LogP contribution in [0.4, 0.5) is 5.00 Å². The number of anilines is 1. The van der Waals surface area contributed by atoms with Crippen LogP contribution < -0.4 is 10.1 Å². The molecule has 4 rings (SSSR count). The number of para-hydroxylation sites is 1. The fourth-order valence-corrected chi connectivity index (χ4v) is 5.68. The van der Waals surface area contributed by atoms with Gasteiger partial charge in [0.05, 0.1) is 20.1 Å². The zero-order valence-electron chi connectivity index (χ0n) is 20.3. The molecule has 0 radical (unpaired) electrons. The molecule has 1 unspecified atom stereocenters. The zero-order chi connectivity index (χ0) is 24.8. The number of ether oxygens (including phenoxy) is 1. The summed E-state index contributed by atoms with van der Waals surface area (Å²) in [4.78, 5) is 37.2. The number of carbonyl (C=O) groups excluding carboxylic acids is 2. The van der Waals surface area contributed by atoms with Crippen molar-refractivity contribution in [3.8, 4) is 5.75 Å². The molecular formula is C27H30N4O3S. The molecule has 2 amide bonds. The predicted molar refractivity (Wildman–Crippen MR) is 140 cm³/mol. The number of hydrogen-bond donors (Lipinski definition) is 1. The van der Waals surface area contributed by atoms with E-state index < -0.39 is 0 Å². The molecule has 35 heavy (non-hydrogen) atoms. The van der Waals surface area contributed by atoms with Gasteiger partial charge in [0.15, 0.2) is 0 Å². The molecule has 2 aromatic heterocycles. The van der Waals surface area contributed by atoms with E-state index >= 15 is 0 Å².